The Bertz CT molecular complexity index is 636. The molecule has 19 heavy (non-hydrogen) atoms. The third-order valence-corrected chi connectivity index (χ3v) is 3.63. The van der Waals surface area contributed by atoms with Crippen LogP contribution in [0.3, 0.4) is 0 Å². The summed E-state index contributed by atoms with van der Waals surface area (Å²) in [4.78, 5) is 11.6. The van der Waals surface area contributed by atoms with Gasteiger partial charge in [0.25, 0.3) is 0 Å². The molecule has 0 aliphatic carbocycles. The van der Waals surface area contributed by atoms with Crippen molar-refractivity contribution in [2.45, 2.75) is 46.6 Å². The van der Waals surface area contributed by atoms with Gasteiger partial charge in [-0.25, -0.2) is 4.79 Å². The molecule has 0 atom stereocenters. The summed E-state index contributed by atoms with van der Waals surface area (Å²) < 4.78 is 2.08. The number of carbonyl (C=O) groups is 1. The second kappa shape index (κ2) is 4.72. The summed E-state index contributed by atoms with van der Waals surface area (Å²) in [6.45, 7) is 10.3. The Morgan fingerprint density at radius 2 is 1.84 bits per heavy atom. The van der Waals surface area contributed by atoms with Crippen molar-refractivity contribution < 1.29 is 9.90 Å². The highest BCUT2D eigenvalue weighted by molar-refractivity contribution is 6.05. The second-order valence-electron chi connectivity index (χ2n) is 5.70. The van der Waals surface area contributed by atoms with Crippen molar-refractivity contribution in [3.8, 4) is 0 Å². The second-order valence-corrected chi connectivity index (χ2v) is 5.70. The summed E-state index contributed by atoms with van der Waals surface area (Å²) in [5.74, 6) is -0.467. The lowest BCUT2D eigenvalue weighted by Crippen LogP contribution is -2.06. The Kier molecular flexibility index (Phi) is 3.40. The van der Waals surface area contributed by atoms with Gasteiger partial charge in [0.05, 0.1) is 11.1 Å². The van der Waals surface area contributed by atoms with Crippen LogP contribution in [0.4, 0.5) is 0 Å². The largest absolute Gasteiger partial charge is 0.478 e. The molecule has 0 fully saturated rings. The fraction of sp³-hybridized carbons (Fsp3) is 0.438. The fourth-order valence-corrected chi connectivity index (χ4v) is 2.61. The minimum atomic E-state index is -0.849. The number of hydrogen-bond acceptors (Lipinski definition) is 1. The van der Waals surface area contributed by atoms with Gasteiger partial charge in [-0.3, -0.25) is 0 Å². The van der Waals surface area contributed by atoms with Crippen LogP contribution in [0.2, 0.25) is 0 Å². The standard InChI is InChI=1S/C16H21NO2/c1-9(2)13-8-17(10(3)4)15-12(13)7-6-11(5)14(15)16(18)19/h6-10H,1-5H3,(H,18,19). The molecule has 3 nitrogen and oxygen atoms in total. The van der Waals surface area contributed by atoms with Gasteiger partial charge in [0, 0.05) is 17.6 Å². The first kappa shape index (κ1) is 13.7. The Morgan fingerprint density at radius 1 is 1.21 bits per heavy atom. The Morgan fingerprint density at radius 3 is 2.32 bits per heavy atom. The van der Waals surface area contributed by atoms with Crippen molar-refractivity contribution in [3.05, 3.63) is 35.0 Å². The van der Waals surface area contributed by atoms with Gasteiger partial charge in [-0.1, -0.05) is 26.0 Å². The van der Waals surface area contributed by atoms with E-state index in [4.69, 9.17) is 0 Å². The van der Waals surface area contributed by atoms with Gasteiger partial charge in [-0.15, -0.1) is 0 Å². The van der Waals surface area contributed by atoms with Crippen molar-refractivity contribution in [1.82, 2.24) is 4.57 Å². The number of benzene rings is 1. The quantitative estimate of drug-likeness (QED) is 0.890. The molecule has 0 bridgehead atoms. The van der Waals surface area contributed by atoms with E-state index in [1.54, 1.807) is 0 Å². The number of nitrogens with zero attached hydrogens (tertiary/aromatic N) is 1. The minimum absolute atomic E-state index is 0.245. The summed E-state index contributed by atoms with van der Waals surface area (Å²) in [5.41, 5.74) is 3.31. The Labute approximate surface area is 113 Å². The van der Waals surface area contributed by atoms with Crippen molar-refractivity contribution in [3.63, 3.8) is 0 Å². The van der Waals surface area contributed by atoms with Gasteiger partial charge in [0.15, 0.2) is 0 Å². The molecule has 0 radical (unpaired) electrons. The molecule has 1 aromatic heterocycles. The number of carboxylic acid groups (broad SMARTS) is 1. The highest BCUT2D eigenvalue weighted by Gasteiger charge is 2.20. The van der Waals surface area contributed by atoms with Gasteiger partial charge in [-0.05, 0) is 37.8 Å². The maximum atomic E-state index is 11.6. The molecule has 0 aliphatic rings. The number of carboxylic acids is 1. The molecule has 0 saturated carbocycles. The average Bonchev–Trinajstić information content (AvgIpc) is 2.67. The van der Waals surface area contributed by atoms with Crippen LogP contribution in [0.15, 0.2) is 18.3 Å². The maximum Gasteiger partial charge on any atom is 0.338 e. The van der Waals surface area contributed by atoms with Crippen LogP contribution in [-0.4, -0.2) is 15.6 Å². The van der Waals surface area contributed by atoms with Crippen LogP contribution in [0.5, 0.6) is 0 Å². The van der Waals surface area contributed by atoms with E-state index in [9.17, 15) is 9.90 Å². The molecule has 2 aromatic rings. The Hall–Kier alpha value is -1.77. The van der Waals surface area contributed by atoms with E-state index in [1.807, 2.05) is 19.1 Å². The lowest BCUT2D eigenvalue weighted by molar-refractivity contribution is 0.0698. The van der Waals surface area contributed by atoms with Crippen LogP contribution in [0.1, 0.15) is 61.1 Å². The van der Waals surface area contributed by atoms with Gasteiger partial charge in [-0.2, -0.15) is 0 Å². The molecule has 102 valence electrons. The van der Waals surface area contributed by atoms with Crippen molar-refractivity contribution >= 4 is 16.9 Å². The molecule has 2 rings (SSSR count). The lowest BCUT2D eigenvalue weighted by atomic mass is 9.99. The predicted octanol–water partition coefficient (Wildman–Crippen LogP) is 4.35. The zero-order valence-corrected chi connectivity index (χ0v) is 12.2. The average molecular weight is 259 g/mol. The first-order valence-corrected chi connectivity index (χ1v) is 6.72. The van der Waals surface area contributed by atoms with E-state index in [1.165, 1.54) is 5.56 Å². The van der Waals surface area contributed by atoms with E-state index in [-0.39, 0.29) is 6.04 Å². The minimum Gasteiger partial charge on any atom is -0.478 e. The molecular weight excluding hydrogens is 238 g/mol. The molecule has 1 aromatic carbocycles. The normalized spacial score (nSPS) is 11.7. The number of aromatic nitrogens is 1. The van der Waals surface area contributed by atoms with Crippen molar-refractivity contribution in [1.29, 1.82) is 0 Å². The third-order valence-electron chi connectivity index (χ3n) is 3.63. The fourth-order valence-electron chi connectivity index (χ4n) is 2.61. The summed E-state index contributed by atoms with van der Waals surface area (Å²) in [6, 6.07) is 4.20. The first-order chi connectivity index (χ1) is 8.84. The molecule has 0 saturated heterocycles. The van der Waals surface area contributed by atoms with Gasteiger partial charge in [0.2, 0.25) is 0 Å². The topological polar surface area (TPSA) is 42.2 Å². The van der Waals surface area contributed by atoms with Gasteiger partial charge < -0.3 is 9.67 Å². The molecule has 1 heterocycles. The molecule has 0 unspecified atom stereocenters. The molecule has 0 amide bonds. The number of rotatable bonds is 3. The van der Waals surface area contributed by atoms with Crippen LogP contribution >= 0.6 is 0 Å². The highest BCUT2D eigenvalue weighted by atomic mass is 16.4. The summed E-state index contributed by atoms with van der Waals surface area (Å²) in [6.07, 6.45) is 2.10. The maximum absolute atomic E-state index is 11.6. The zero-order chi connectivity index (χ0) is 14.3. The van der Waals surface area contributed by atoms with E-state index in [0.717, 1.165) is 16.5 Å². The monoisotopic (exact) mass is 259 g/mol. The Balaban J connectivity index is 2.94. The van der Waals surface area contributed by atoms with Gasteiger partial charge >= 0.3 is 5.97 Å². The van der Waals surface area contributed by atoms with E-state index in [0.29, 0.717) is 11.5 Å². The molecule has 0 aliphatic heterocycles. The first-order valence-electron chi connectivity index (χ1n) is 6.72. The number of fused-ring (bicyclic) bond motifs is 1. The van der Waals surface area contributed by atoms with Crippen LogP contribution in [0.25, 0.3) is 10.9 Å². The predicted molar refractivity (Wildman–Crippen MR) is 78.1 cm³/mol. The van der Waals surface area contributed by atoms with Crippen molar-refractivity contribution in [2.75, 3.05) is 0 Å². The van der Waals surface area contributed by atoms with Crippen molar-refractivity contribution in [2.24, 2.45) is 0 Å². The molecule has 1 N–H and O–H groups in total. The smallest absolute Gasteiger partial charge is 0.338 e. The zero-order valence-electron chi connectivity index (χ0n) is 12.2. The molecular formula is C16H21NO2. The van der Waals surface area contributed by atoms with E-state index in [2.05, 4.69) is 38.5 Å². The van der Waals surface area contributed by atoms with E-state index >= 15 is 0 Å². The number of aromatic carboxylic acids is 1. The van der Waals surface area contributed by atoms with Crippen LogP contribution < -0.4 is 0 Å². The SMILES string of the molecule is Cc1ccc2c(C(C)C)cn(C(C)C)c2c1C(=O)O. The lowest BCUT2D eigenvalue weighted by Gasteiger charge is -2.12. The van der Waals surface area contributed by atoms with Gasteiger partial charge in [0.1, 0.15) is 0 Å². The summed E-state index contributed by atoms with van der Waals surface area (Å²) >= 11 is 0. The third kappa shape index (κ3) is 2.14. The van der Waals surface area contributed by atoms with Crippen LogP contribution in [-0.2, 0) is 0 Å². The van der Waals surface area contributed by atoms with Crippen LogP contribution in [0, 0.1) is 6.92 Å². The summed E-state index contributed by atoms with van der Waals surface area (Å²) in [7, 11) is 0. The summed E-state index contributed by atoms with van der Waals surface area (Å²) in [5, 5.41) is 10.6. The number of hydrogen-bond donors (Lipinski definition) is 1. The van der Waals surface area contributed by atoms with E-state index < -0.39 is 5.97 Å². The molecule has 3 heteroatoms. The highest BCUT2D eigenvalue weighted by Crippen LogP contribution is 2.33. The molecule has 0 spiro atoms. The number of aryl methyl sites for hydroxylation is 1.